The zero-order valence-corrected chi connectivity index (χ0v) is 22.8. The molecule has 36 heavy (non-hydrogen) atoms. The summed E-state index contributed by atoms with van der Waals surface area (Å²) in [6.45, 7) is 3.95. The molecular weight excluding hydrogens is 496 g/mol. The van der Waals surface area contributed by atoms with Crippen molar-refractivity contribution < 1.29 is 19.1 Å². The first-order valence-electron chi connectivity index (χ1n) is 12.2. The zero-order chi connectivity index (χ0) is 25.7. The third-order valence-electron chi connectivity index (χ3n) is 6.21. The quantitative estimate of drug-likeness (QED) is 0.305. The third kappa shape index (κ3) is 6.10. The number of carbonyl (C=O) groups excluding carboxylic acids is 2. The van der Waals surface area contributed by atoms with Crippen molar-refractivity contribution in [3.63, 3.8) is 0 Å². The number of ether oxygens (including phenoxy) is 2. The van der Waals surface area contributed by atoms with Crippen molar-refractivity contribution in [3.05, 3.63) is 51.7 Å². The molecule has 0 spiro atoms. The number of benzene rings is 1. The van der Waals surface area contributed by atoms with Gasteiger partial charge in [-0.3, -0.25) is 4.79 Å². The van der Waals surface area contributed by atoms with Crippen LogP contribution in [0.5, 0.6) is 5.75 Å². The Labute approximate surface area is 219 Å². The first-order valence-corrected chi connectivity index (χ1v) is 14.0. The monoisotopic (exact) mass is 528 g/mol. The van der Waals surface area contributed by atoms with Gasteiger partial charge in [-0.25, -0.2) is 4.79 Å². The van der Waals surface area contributed by atoms with Crippen molar-refractivity contribution in [1.82, 2.24) is 14.8 Å². The maximum Gasteiger partial charge on any atom is 0.341 e. The number of amides is 1. The molecule has 1 atom stereocenters. The number of rotatable bonds is 8. The van der Waals surface area contributed by atoms with Gasteiger partial charge in [-0.05, 0) is 57.2 Å². The van der Waals surface area contributed by atoms with Crippen molar-refractivity contribution in [1.29, 1.82) is 0 Å². The fourth-order valence-corrected chi connectivity index (χ4v) is 6.31. The first-order chi connectivity index (χ1) is 17.4. The second kappa shape index (κ2) is 11.9. The number of esters is 1. The first kappa shape index (κ1) is 26.2. The molecule has 2 aromatic heterocycles. The molecule has 0 fully saturated rings. The zero-order valence-electron chi connectivity index (χ0n) is 21.1. The molecule has 10 heteroatoms. The van der Waals surface area contributed by atoms with Crippen molar-refractivity contribution >= 4 is 40.0 Å². The van der Waals surface area contributed by atoms with Gasteiger partial charge in [0.25, 0.3) is 0 Å². The van der Waals surface area contributed by atoms with E-state index >= 15 is 0 Å². The molecule has 1 N–H and O–H groups in total. The number of hydrogen-bond donors (Lipinski definition) is 1. The van der Waals surface area contributed by atoms with E-state index in [0.717, 1.165) is 49.0 Å². The maximum atomic E-state index is 12.9. The molecule has 3 aromatic rings. The smallest absolute Gasteiger partial charge is 0.341 e. The SMILES string of the molecule is COC(=O)c1c(NC(=O)CSc2nnc(C(C)Oc3ccc(C)cc3)n2C)sc2c1CCCCCC2. The van der Waals surface area contributed by atoms with Gasteiger partial charge in [0.15, 0.2) is 17.1 Å². The second-order valence-electron chi connectivity index (χ2n) is 8.92. The number of methoxy groups -OCH3 is 1. The number of hydrogen-bond acceptors (Lipinski definition) is 8. The molecule has 1 aromatic carbocycles. The number of aryl methyl sites for hydroxylation is 2. The Kier molecular flexibility index (Phi) is 8.68. The molecule has 0 radical (unpaired) electrons. The molecule has 2 heterocycles. The van der Waals surface area contributed by atoms with Gasteiger partial charge in [-0.15, -0.1) is 21.5 Å². The molecule has 1 amide bonds. The van der Waals surface area contributed by atoms with E-state index in [2.05, 4.69) is 15.5 Å². The van der Waals surface area contributed by atoms with Crippen LogP contribution in [0.2, 0.25) is 0 Å². The van der Waals surface area contributed by atoms with Crippen LogP contribution < -0.4 is 10.1 Å². The Morgan fingerprint density at radius 2 is 1.86 bits per heavy atom. The van der Waals surface area contributed by atoms with E-state index in [1.165, 1.54) is 41.5 Å². The van der Waals surface area contributed by atoms with Gasteiger partial charge < -0.3 is 19.4 Å². The summed E-state index contributed by atoms with van der Waals surface area (Å²) in [4.78, 5) is 26.6. The number of nitrogens with one attached hydrogen (secondary N) is 1. The fraction of sp³-hybridized carbons (Fsp3) is 0.462. The van der Waals surface area contributed by atoms with Gasteiger partial charge >= 0.3 is 5.97 Å². The molecule has 1 aliphatic carbocycles. The molecule has 0 bridgehead atoms. The highest BCUT2D eigenvalue weighted by Gasteiger charge is 2.26. The Hall–Kier alpha value is -2.85. The van der Waals surface area contributed by atoms with Crippen LogP contribution in [0.4, 0.5) is 5.00 Å². The second-order valence-corrected chi connectivity index (χ2v) is 11.0. The van der Waals surface area contributed by atoms with Gasteiger partial charge in [0.2, 0.25) is 5.91 Å². The van der Waals surface area contributed by atoms with Crippen molar-refractivity contribution in [2.45, 2.75) is 63.6 Å². The van der Waals surface area contributed by atoms with E-state index in [0.29, 0.717) is 21.5 Å². The van der Waals surface area contributed by atoms with Crippen LogP contribution >= 0.6 is 23.1 Å². The highest BCUT2D eigenvalue weighted by molar-refractivity contribution is 7.99. The van der Waals surface area contributed by atoms with Gasteiger partial charge in [-0.2, -0.15) is 0 Å². The maximum absolute atomic E-state index is 12.9. The summed E-state index contributed by atoms with van der Waals surface area (Å²) in [7, 11) is 3.24. The average molecular weight is 529 g/mol. The summed E-state index contributed by atoms with van der Waals surface area (Å²) in [5, 5.41) is 12.7. The Balaban J connectivity index is 1.41. The van der Waals surface area contributed by atoms with E-state index in [1.807, 2.05) is 49.7 Å². The summed E-state index contributed by atoms with van der Waals surface area (Å²) >= 11 is 2.79. The van der Waals surface area contributed by atoms with Crippen LogP contribution in [-0.2, 0) is 29.4 Å². The van der Waals surface area contributed by atoms with Crippen LogP contribution in [-0.4, -0.2) is 39.5 Å². The Morgan fingerprint density at radius 3 is 2.58 bits per heavy atom. The summed E-state index contributed by atoms with van der Waals surface area (Å²) in [6.07, 6.45) is 5.95. The molecule has 4 rings (SSSR count). The molecule has 0 saturated heterocycles. The van der Waals surface area contributed by atoms with Crippen LogP contribution in [0.25, 0.3) is 0 Å². The lowest BCUT2D eigenvalue weighted by Gasteiger charge is -2.14. The summed E-state index contributed by atoms with van der Waals surface area (Å²) in [5.74, 6) is 0.979. The number of thioether (sulfide) groups is 1. The van der Waals surface area contributed by atoms with E-state index in [4.69, 9.17) is 9.47 Å². The van der Waals surface area contributed by atoms with E-state index < -0.39 is 5.97 Å². The predicted octanol–water partition coefficient (Wildman–Crippen LogP) is 5.50. The molecule has 8 nitrogen and oxygen atoms in total. The van der Waals surface area contributed by atoms with Crippen molar-refractivity contribution in [3.8, 4) is 5.75 Å². The molecule has 1 aliphatic rings. The summed E-state index contributed by atoms with van der Waals surface area (Å²) in [6, 6.07) is 7.85. The third-order valence-corrected chi connectivity index (χ3v) is 8.44. The molecule has 1 unspecified atom stereocenters. The highest BCUT2D eigenvalue weighted by Crippen LogP contribution is 2.37. The number of aromatic nitrogens is 3. The fourth-order valence-electron chi connectivity index (χ4n) is 4.30. The van der Waals surface area contributed by atoms with E-state index in [-0.39, 0.29) is 17.8 Å². The normalized spacial score (nSPS) is 14.3. The van der Waals surface area contributed by atoms with Gasteiger partial charge in [0.05, 0.1) is 18.4 Å². The number of anilines is 1. The van der Waals surface area contributed by atoms with Crippen LogP contribution in [0.1, 0.15) is 70.9 Å². The summed E-state index contributed by atoms with van der Waals surface area (Å²) in [5.41, 5.74) is 2.72. The number of fused-ring (bicyclic) bond motifs is 1. The lowest BCUT2D eigenvalue weighted by molar-refractivity contribution is -0.113. The lowest BCUT2D eigenvalue weighted by Crippen LogP contribution is -2.17. The Morgan fingerprint density at radius 1 is 1.14 bits per heavy atom. The van der Waals surface area contributed by atoms with Gasteiger partial charge in [0, 0.05) is 11.9 Å². The highest BCUT2D eigenvalue weighted by atomic mass is 32.2. The minimum atomic E-state index is -0.392. The Bertz CT molecular complexity index is 1220. The largest absolute Gasteiger partial charge is 0.483 e. The summed E-state index contributed by atoms with van der Waals surface area (Å²) < 4.78 is 12.9. The van der Waals surface area contributed by atoms with Crippen LogP contribution in [0, 0.1) is 6.92 Å². The molecule has 192 valence electrons. The van der Waals surface area contributed by atoms with Crippen LogP contribution in [0.15, 0.2) is 29.4 Å². The lowest BCUT2D eigenvalue weighted by atomic mass is 9.96. The topological polar surface area (TPSA) is 95.3 Å². The minimum Gasteiger partial charge on any atom is -0.483 e. The number of thiophene rings is 1. The average Bonchev–Trinajstić information content (AvgIpc) is 3.38. The minimum absolute atomic E-state index is 0.141. The van der Waals surface area contributed by atoms with E-state index in [1.54, 1.807) is 0 Å². The van der Waals surface area contributed by atoms with Crippen LogP contribution in [0.3, 0.4) is 0 Å². The molecule has 0 aliphatic heterocycles. The van der Waals surface area contributed by atoms with Gasteiger partial charge in [-0.1, -0.05) is 42.3 Å². The molecular formula is C26H32N4O4S2. The van der Waals surface area contributed by atoms with Gasteiger partial charge in [0.1, 0.15) is 10.8 Å². The number of nitrogens with zero attached hydrogens (tertiary/aromatic N) is 3. The van der Waals surface area contributed by atoms with Crippen molar-refractivity contribution in [2.75, 3.05) is 18.2 Å². The van der Waals surface area contributed by atoms with E-state index in [9.17, 15) is 9.59 Å². The standard InChI is InChI=1S/C26H32N4O4S2/c1-16-11-13-18(14-12-16)34-17(2)23-28-29-26(30(23)3)35-15-21(31)27-24-22(25(32)33-4)19-9-7-5-6-8-10-20(19)36-24/h11-14,17H,5-10,15H2,1-4H3,(H,27,31). The predicted molar refractivity (Wildman–Crippen MR) is 142 cm³/mol. The van der Waals surface area contributed by atoms with Crippen molar-refractivity contribution in [2.24, 2.45) is 7.05 Å². The molecule has 0 saturated carbocycles. The number of carbonyl (C=O) groups is 2.